The van der Waals surface area contributed by atoms with E-state index in [2.05, 4.69) is 57.1 Å². The first-order chi connectivity index (χ1) is 13.3. The molecule has 1 saturated heterocycles. The second-order valence-electron chi connectivity index (χ2n) is 7.31. The van der Waals surface area contributed by atoms with Crippen molar-refractivity contribution >= 4 is 23.6 Å². The highest BCUT2D eigenvalue weighted by Crippen LogP contribution is 2.15. The number of hydrogen-bond donors (Lipinski definition) is 1. The van der Waals surface area contributed by atoms with Gasteiger partial charge in [0.1, 0.15) is 5.82 Å². The lowest BCUT2D eigenvalue weighted by Gasteiger charge is -2.22. The minimum absolute atomic E-state index is 0.860. The lowest BCUT2D eigenvalue weighted by Crippen LogP contribution is -3.12. The van der Waals surface area contributed by atoms with Crippen molar-refractivity contribution in [2.24, 2.45) is 0 Å². The topological polar surface area (TPSA) is 27.2 Å². The third kappa shape index (κ3) is 4.75. The standard InChI is InChI=1S/C21H26N4S2/c26-21-24(14-11-18-8-3-1-4-9-18)20(16-19-10-7-15-27-19)22-25(21)17-23-12-5-2-6-13-23/h1,3-4,7-10,15H,2,5-6,11-14,16-17H2/p+1. The summed E-state index contributed by atoms with van der Waals surface area (Å²) in [4.78, 5) is 2.95. The zero-order chi connectivity index (χ0) is 18.5. The van der Waals surface area contributed by atoms with Crippen molar-refractivity contribution < 1.29 is 4.90 Å². The predicted molar refractivity (Wildman–Crippen MR) is 113 cm³/mol. The summed E-state index contributed by atoms with van der Waals surface area (Å²) in [6.45, 7) is 4.26. The Labute approximate surface area is 170 Å². The molecule has 0 atom stereocenters. The maximum absolute atomic E-state index is 5.85. The van der Waals surface area contributed by atoms with E-state index in [4.69, 9.17) is 17.3 Å². The number of aryl methyl sites for hydroxylation is 1. The van der Waals surface area contributed by atoms with Crippen LogP contribution in [0.3, 0.4) is 0 Å². The first-order valence-electron chi connectivity index (χ1n) is 9.86. The molecule has 3 aromatic rings. The van der Waals surface area contributed by atoms with Crippen molar-refractivity contribution in [1.29, 1.82) is 0 Å². The molecule has 3 heterocycles. The summed E-state index contributed by atoms with van der Waals surface area (Å²) in [6, 6.07) is 14.9. The summed E-state index contributed by atoms with van der Waals surface area (Å²) >= 11 is 7.64. The summed E-state index contributed by atoms with van der Waals surface area (Å²) in [5, 5.41) is 7.08. The van der Waals surface area contributed by atoms with Crippen LogP contribution >= 0.6 is 23.6 Å². The van der Waals surface area contributed by atoms with Crippen LogP contribution in [0.4, 0.5) is 0 Å². The van der Waals surface area contributed by atoms with E-state index in [0.717, 1.165) is 36.7 Å². The minimum Gasteiger partial charge on any atom is -0.316 e. The maximum atomic E-state index is 5.85. The molecule has 0 saturated carbocycles. The molecule has 1 aromatic carbocycles. The number of aromatic nitrogens is 3. The molecule has 2 aromatic heterocycles. The number of benzene rings is 1. The molecule has 1 N–H and O–H groups in total. The summed E-state index contributed by atoms with van der Waals surface area (Å²) in [7, 11) is 0. The summed E-state index contributed by atoms with van der Waals surface area (Å²) in [5.74, 6) is 1.09. The molecule has 4 rings (SSSR count). The fraction of sp³-hybridized carbons (Fsp3) is 0.429. The molecule has 6 heteroatoms. The SMILES string of the molecule is S=c1n(C[NH+]2CCCCC2)nc(Cc2cccs2)n1CCc1ccccc1. The first kappa shape index (κ1) is 18.6. The summed E-state index contributed by atoms with van der Waals surface area (Å²) < 4.78 is 5.20. The zero-order valence-electron chi connectivity index (χ0n) is 15.6. The van der Waals surface area contributed by atoms with E-state index in [1.807, 2.05) is 0 Å². The molecule has 27 heavy (non-hydrogen) atoms. The highest BCUT2D eigenvalue weighted by Gasteiger charge is 2.18. The van der Waals surface area contributed by atoms with Gasteiger partial charge in [0.2, 0.25) is 4.77 Å². The number of thiophene rings is 1. The summed E-state index contributed by atoms with van der Waals surface area (Å²) in [5.41, 5.74) is 1.34. The van der Waals surface area contributed by atoms with Gasteiger partial charge in [-0.25, -0.2) is 0 Å². The molecular weight excluding hydrogens is 372 g/mol. The van der Waals surface area contributed by atoms with Gasteiger partial charge in [0.15, 0.2) is 6.67 Å². The Hall–Kier alpha value is -1.76. The van der Waals surface area contributed by atoms with Gasteiger partial charge < -0.3 is 9.47 Å². The van der Waals surface area contributed by atoms with Crippen molar-refractivity contribution in [3.05, 3.63) is 68.9 Å². The molecule has 4 nitrogen and oxygen atoms in total. The van der Waals surface area contributed by atoms with Gasteiger partial charge >= 0.3 is 0 Å². The average molecular weight is 400 g/mol. The Kier molecular flexibility index (Phi) is 6.17. The van der Waals surface area contributed by atoms with Crippen LogP contribution in [-0.2, 0) is 26.1 Å². The van der Waals surface area contributed by atoms with Crippen LogP contribution < -0.4 is 4.90 Å². The second-order valence-corrected chi connectivity index (χ2v) is 8.71. The first-order valence-corrected chi connectivity index (χ1v) is 11.1. The lowest BCUT2D eigenvalue weighted by molar-refractivity contribution is -0.928. The molecule has 1 aliphatic rings. The predicted octanol–water partition coefficient (Wildman–Crippen LogP) is 3.34. The number of piperidine rings is 1. The number of hydrogen-bond acceptors (Lipinski definition) is 3. The fourth-order valence-corrected chi connectivity index (χ4v) is 4.82. The van der Waals surface area contributed by atoms with Crippen LogP contribution in [0, 0.1) is 4.77 Å². The molecule has 0 radical (unpaired) electrons. The van der Waals surface area contributed by atoms with Crippen LogP contribution in [0.15, 0.2) is 47.8 Å². The molecule has 0 aliphatic carbocycles. The average Bonchev–Trinajstić information content (AvgIpc) is 3.31. The third-order valence-corrected chi connectivity index (χ3v) is 6.62. The molecule has 1 fully saturated rings. The normalized spacial score (nSPS) is 15.3. The quantitative estimate of drug-likeness (QED) is 0.617. The van der Waals surface area contributed by atoms with Gasteiger partial charge in [0.25, 0.3) is 0 Å². The molecule has 0 unspecified atom stereocenters. The van der Waals surface area contributed by atoms with Crippen molar-refractivity contribution in [3.63, 3.8) is 0 Å². The van der Waals surface area contributed by atoms with Crippen LogP contribution in [0.25, 0.3) is 0 Å². The van der Waals surface area contributed by atoms with Gasteiger partial charge in [-0.05, 0) is 54.9 Å². The van der Waals surface area contributed by atoms with E-state index in [0.29, 0.717) is 0 Å². The Bertz CT molecular complexity index is 890. The molecule has 0 spiro atoms. The summed E-state index contributed by atoms with van der Waals surface area (Å²) in [6.07, 6.45) is 5.84. The fourth-order valence-electron chi connectivity index (χ4n) is 3.82. The van der Waals surface area contributed by atoms with Gasteiger partial charge in [-0.3, -0.25) is 0 Å². The van der Waals surface area contributed by atoms with Crippen LogP contribution in [-0.4, -0.2) is 27.4 Å². The van der Waals surface area contributed by atoms with E-state index in [1.54, 1.807) is 16.2 Å². The largest absolute Gasteiger partial charge is 0.316 e. The zero-order valence-corrected chi connectivity index (χ0v) is 17.3. The monoisotopic (exact) mass is 399 g/mol. The van der Waals surface area contributed by atoms with Crippen molar-refractivity contribution in [3.8, 4) is 0 Å². The van der Waals surface area contributed by atoms with Crippen LogP contribution in [0.1, 0.15) is 35.5 Å². The Balaban J connectivity index is 1.56. The highest BCUT2D eigenvalue weighted by atomic mass is 32.1. The van der Waals surface area contributed by atoms with Gasteiger partial charge in [0.05, 0.1) is 13.1 Å². The number of quaternary nitrogens is 1. The molecular formula is C21H27N4S2+. The van der Waals surface area contributed by atoms with Crippen molar-refractivity contribution in [2.75, 3.05) is 13.1 Å². The number of nitrogens with zero attached hydrogens (tertiary/aromatic N) is 3. The highest BCUT2D eigenvalue weighted by molar-refractivity contribution is 7.71. The van der Waals surface area contributed by atoms with Gasteiger partial charge in [0, 0.05) is 17.8 Å². The number of nitrogens with one attached hydrogen (secondary N) is 1. The minimum atomic E-state index is 0.860. The van der Waals surface area contributed by atoms with Crippen LogP contribution in [0.5, 0.6) is 0 Å². The Morgan fingerprint density at radius 1 is 1.04 bits per heavy atom. The lowest BCUT2D eigenvalue weighted by atomic mass is 10.1. The van der Waals surface area contributed by atoms with Crippen molar-refractivity contribution in [2.45, 2.75) is 45.3 Å². The van der Waals surface area contributed by atoms with Crippen molar-refractivity contribution in [1.82, 2.24) is 14.3 Å². The Morgan fingerprint density at radius 2 is 1.85 bits per heavy atom. The van der Waals surface area contributed by atoms with Gasteiger partial charge in [-0.15, -0.1) is 11.3 Å². The molecule has 0 bridgehead atoms. The van der Waals surface area contributed by atoms with E-state index in [9.17, 15) is 0 Å². The Morgan fingerprint density at radius 3 is 2.59 bits per heavy atom. The van der Waals surface area contributed by atoms with E-state index in [1.165, 1.54) is 42.8 Å². The van der Waals surface area contributed by atoms with E-state index in [-0.39, 0.29) is 0 Å². The molecule has 1 aliphatic heterocycles. The smallest absolute Gasteiger partial charge is 0.202 e. The second kappa shape index (κ2) is 8.95. The third-order valence-electron chi connectivity index (χ3n) is 5.31. The van der Waals surface area contributed by atoms with Gasteiger partial charge in [-0.2, -0.15) is 9.78 Å². The molecule has 0 amide bonds. The maximum Gasteiger partial charge on any atom is 0.202 e. The number of likely N-dealkylation sites (tertiary alicyclic amines) is 1. The number of rotatable bonds is 7. The van der Waals surface area contributed by atoms with E-state index >= 15 is 0 Å². The van der Waals surface area contributed by atoms with Gasteiger partial charge in [-0.1, -0.05) is 36.4 Å². The molecule has 142 valence electrons. The van der Waals surface area contributed by atoms with Crippen LogP contribution in [0.2, 0.25) is 0 Å². The van der Waals surface area contributed by atoms with E-state index < -0.39 is 0 Å².